The Morgan fingerprint density at radius 3 is 2.32 bits per heavy atom. The molecule has 0 atom stereocenters. The minimum Gasteiger partial charge on any atom is -0.366 e. The second-order valence-electron chi connectivity index (χ2n) is 3.75. The summed E-state index contributed by atoms with van der Waals surface area (Å²) in [6, 6.07) is 7.23. The number of nitrogens with two attached hydrogens (primary N) is 1. The third-order valence-corrected chi connectivity index (χ3v) is 2.49. The summed E-state index contributed by atoms with van der Waals surface area (Å²) in [4.78, 5) is 11.2. The molecule has 0 radical (unpaired) electrons. The van der Waals surface area contributed by atoms with Crippen LogP contribution in [0, 0.1) is 17.5 Å². The van der Waals surface area contributed by atoms with E-state index < -0.39 is 29.0 Å². The summed E-state index contributed by atoms with van der Waals surface area (Å²) in [5, 5.41) is 2.34. The fourth-order valence-electron chi connectivity index (χ4n) is 1.58. The lowest BCUT2D eigenvalue weighted by molar-refractivity contribution is 0.100. The van der Waals surface area contributed by atoms with Crippen LogP contribution in [0.15, 0.2) is 36.4 Å². The van der Waals surface area contributed by atoms with Crippen LogP contribution in [0.3, 0.4) is 0 Å². The summed E-state index contributed by atoms with van der Waals surface area (Å²) in [6.45, 7) is 0. The molecule has 0 fully saturated rings. The SMILES string of the molecule is NC(=O)c1ccc(F)c(F)c1Nc1ccccc1F. The smallest absolute Gasteiger partial charge is 0.250 e. The van der Waals surface area contributed by atoms with Gasteiger partial charge in [-0.25, -0.2) is 13.2 Å². The molecule has 3 N–H and O–H groups in total. The normalized spacial score (nSPS) is 10.3. The lowest BCUT2D eigenvalue weighted by Crippen LogP contribution is -2.15. The van der Waals surface area contributed by atoms with Crippen LogP contribution >= 0.6 is 0 Å². The van der Waals surface area contributed by atoms with Gasteiger partial charge < -0.3 is 11.1 Å². The fraction of sp³-hybridized carbons (Fsp3) is 0. The molecule has 0 unspecified atom stereocenters. The zero-order valence-electron chi connectivity index (χ0n) is 9.58. The largest absolute Gasteiger partial charge is 0.366 e. The Labute approximate surface area is 106 Å². The summed E-state index contributed by atoms with van der Waals surface area (Å²) >= 11 is 0. The van der Waals surface area contributed by atoms with Crippen LogP contribution in [-0.4, -0.2) is 5.91 Å². The number of benzene rings is 2. The topological polar surface area (TPSA) is 55.1 Å². The van der Waals surface area contributed by atoms with E-state index in [0.717, 1.165) is 18.2 Å². The second-order valence-corrected chi connectivity index (χ2v) is 3.75. The Bertz CT molecular complexity index is 644. The van der Waals surface area contributed by atoms with Gasteiger partial charge in [0, 0.05) is 0 Å². The minimum absolute atomic E-state index is 0.0884. The quantitative estimate of drug-likeness (QED) is 0.897. The Hall–Kier alpha value is -2.50. The second kappa shape index (κ2) is 5.01. The number of para-hydroxylation sites is 1. The van der Waals surface area contributed by atoms with Crippen molar-refractivity contribution in [2.75, 3.05) is 5.32 Å². The van der Waals surface area contributed by atoms with Gasteiger partial charge in [0.2, 0.25) is 0 Å². The van der Waals surface area contributed by atoms with Crippen molar-refractivity contribution in [3.05, 3.63) is 59.4 Å². The van der Waals surface area contributed by atoms with Crippen molar-refractivity contribution in [1.29, 1.82) is 0 Å². The number of hydrogen-bond acceptors (Lipinski definition) is 2. The first-order valence-electron chi connectivity index (χ1n) is 5.30. The predicted molar refractivity (Wildman–Crippen MR) is 64.6 cm³/mol. The van der Waals surface area contributed by atoms with Gasteiger partial charge in [0.15, 0.2) is 11.6 Å². The molecule has 2 aromatic rings. The van der Waals surface area contributed by atoms with E-state index >= 15 is 0 Å². The van der Waals surface area contributed by atoms with Crippen molar-refractivity contribution >= 4 is 17.3 Å². The highest BCUT2D eigenvalue weighted by Gasteiger charge is 2.18. The summed E-state index contributed by atoms with van der Waals surface area (Å²) in [5.41, 5.74) is 4.22. The van der Waals surface area contributed by atoms with Gasteiger partial charge in [-0.1, -0.05) is 12.1 Å². The Kier molecular flexibility index (Phi) is 3.41. The van der Waals surface area contributed by atoms with E-state index in [4.69, 9.17) is 5.73 Å². The predicted octanol–water partition coefficient (Wildman–Crippen LogP) is 2.95. The molecule has 0 heterocycles. The molecule has 0 aliphatic rings. The van der Waals surface area contributed by atoms with Gasteiger partial charge in [0.25, 0.3) is 5.91 Å². The molecule has 0 bridgehead atoms. The summed E-state index contributed by atoms with van der Waals surface area (Å²) < 4.78 is 40.3. The van der Waals surface area contributed by atoms with Crippen LogP contribution in [0.5, 0.6) is 0 Å². The van der Waals surface area contributed by atoms with E-state index in [9.17, 15) is 18.0 Å². The Morgan fingerprint density at radius 2 is 1.68 bits per heavy atom. The van der Waals surface area contributed by atoms with Crippen LogP contribution in [0.2, 0.25) is 0 Å². The van der Waals surface area contributed by atoms with E-state index in [1.807, 2.05) is 0 Å². The molecule has 0 saturated heterocycles. The zero-order chi connectivity index (χ0) is 14.0. The lowest BCUT2D eigenvalue weighted by Gasteiger charge is -2.12. The Balaban J connectivity index is 2.53. The summed E-state index contributed by atoms with van der Waals surface area (Å²) in [6.07, 6.45) is 0. The molecule has 6 heteroatoms. The van der Waals surface area contributed by atoms with E-state index in [0.29, 0.717) is 0 Å². The highest BCUT2D eigenvalue weighted by Crippen LogP contribution is 2.27. The zero-order valence-corrected chi connectivity index (χ0v) is 9.58. The molecule has 0 saturated carbocycles. The number of rotatable bonds is 3. The van der Waals surface area contributed by atoms with Crippen molar-refractivity contribution in [3.63, 3.8) is 0 Å². The molecule has 0 aromatic heterocycles. The van der Waals surface area contributed by atoms with Crippen molar-refractivity contribution in [1.82, 2.24) is 0 Å². The maximum atomic E-state index is 13.7. The number of anilines is 2. The lowest BCUT2D eigenvalue weighted by atomic mass is 10.1. The molecule has 2 aromatic carbocycles. The molecule has 1 amide bonds. The fourth-order valence-corrected chi connectivity index (χ4v) is 1.58. The standard InChI is InChI=1S/C13H9F3N2O/c14-8-3-1-2-4-10(8)18-12-7(13(17)19)5-6-9(15)11(12)16/h1-6,18H,(H2,17,19). The first-order valence-corrected chi connectivity index (χ1v) is 5.30. The van der Waals surface area contributed by atoms with Crippen molar-refractivity contribution < 1.29 is 18.0 Å². The number of carbonyl (C=O) groups is 1. The maximum absolute atomic E-state index is 13.7. The van der Waals surface area contributed by atoms with E-state index in [2.05, 4.69) is 5.32 Å². The highest BCUT2D eigenvalue weighted by molar-refractivity contribution is 5.99. The van der Waals surface area contributed by atoms with Gasteiger partial charge >= 0.3 is 0 Å². The third kappa shape index (κ3) is 2.52. The molecule has 0 spiro atoms. The highest BCUT2D eigenvalue weighted by atomic mass is 19.2. The van der Waals surface area contributed by atoms with Gasteiger partial charge in [0.05, 0.1) is 16.9 Å². The summed E-state index contributed by atoms with van der Waals surface area (Å²) in [7, 11) is 0. The van der Waals surface area contributed by atoms with Crippen molar-refractivity contribution in [3.8, 4) is 0 Å². The molecule has 3 nitrogen and oxygen atoms in total. The number of amides is 1. The minimum atomic E-state index is -1.29. The number of halogens is 3. The van der Waals surface area contributed by atoms with E-state index in [-0.39, 0.29) is 11.3 Å². The number of carbonyl (C=O) groups excluding carboxylic acids is 1. The van der Waals surface area contributed by atoms with Gasteiger partial charge in [-0.2, -0.15) is 0 Å². The number of nitrogens with one attached hydrogen (secondary N) is 1. The molecule has 0 aliphatic heterocycles. The molecule has 0 aliphatic carbocycles. The molecular weight excluding hydrogens is 257 g/mol. The van der Waals surface area contributed by atoms with Gasteiger partial charge in [-0.05, 0) is 24.3 Å². The van der Waals surface area contributed by atoms with Crippen LogP contribution in [0.1, 0.15) is 10.4 Å². The van der Waals surface area contributed by atoms with E-state index in [1.165, 1.54) is 18.2 Å². The van der Waals surface area contributed by atoms with Crippen LogP contribution < -0.4 is 11.1 Å². The molecular formula is C13H9F3N2O. The maximum Gasteiger partial charge on any atom is 0.250 e. The van der Waals surface area contributed by atoms with Gasteiger partial charge in [-0.15, -0.1) is 0 Å². The Morgan fingerprint density at radius 1 is 1.00 bits per heavy atom. The van der Waals surface area contributed by atoms with Crippen molar-refractivity contribution in [2.24, 2.45) is 5.73 Å². The van der Waals surface area contributed by atoms with Gasteiger partial charge in [-0.3, -0.25) is 4.79 Å². The van der Waals surface area contributed by atoms with E-state index in [1.54, 1.807) is 0 Å². The third-order valence-electron chi connectivity index (χ3n) is 2.49. The first kappa shape index (κ1) is 12.9. The first-order chi connectivity index (χ1) is 9.00. The molecule has 2 rings (SSSR count). The monoisotopic (exact) mass is 266 g/mol. The number of primary amides is 1. The van der Waals surface area contributed by atoms with Crippen LogP contribution in [0.4, 0.5) is 24.5 Å². The summed E-state index contributed by atoms with van der Waals surface area (Å²) in [5.74, 6) is -4.07. The molecule has 19 heavy (non-hydrogen) atoms. The average Bonchev–Trinajstić information content (AvgIpc) is 2.37. The van der Waals surface area contributed by atoms with Crippen LogP contribution in [-0.2, 0) is 0 Å². The number of hydrogen-bond donors (Lipinski definition) is 2. The molecule has 98 valence electrons. The van der Waals surface area contributed by atoms with Crippen molar-refractivity contribution in [2.45, 2.75) is 0 Å². The van der Waals surface area contributed by atoms with Gasteiger partial charge in [0.1, 0.15) is 5.82 Å². The van der Waals surface area contributed by atoms with Crippen LogP contribution in [0.25, 0.3) is 0 Å². The average molecular weight is 266 g/mol.